The van der Waals surface area contributed by atoms with Gasteiger partial charge in [0.25, 0.3) is 0 Å². The molecule has 140 valence electrons. The molecule has 0 aromatic heterocycles. The summed E-state index contributed by atoms with van der Waals surface area (Å²) in [5.41, 5.74) is 1.77. The summed E-state index contributed by atoms with van der Waals surface area (Å²) in [7, 11) is 4.83. The van der Waals surface area contributed by atoms with Crippen LogP contribution >= 0.6 is 0 Å². The lowest BCUT2D eigenvalue weighted by molar-refractivity contribution is 0.0969. The van der Waals surface area contributed by atoms with Crippen molar-refractivity contribution in [1.82, 2.24) is 0 Å². The largest absolute Gasteiger partial charge is 0.497 e. The van der Waals surface area contributed by atoms with Crippen LogP contribution in [0.5, 0.6) is 17.2 Å². The van der Waals surface area contributed by atoms with Crippen LogP contribution in [0.2, 0.25) is 0 Å². The summed E-state index contributed by atoms with van der Waals surface area (Å²) in [5, 5.41) is 0. The molecule has 1 atom stereocenters. The van der Waals surface area contributed by atoms with Crippen molar-refractivity contribution in [1.29, 1.82) is 0 Å². The Balaban J connectivity index is 2.22. The van der Waals surface area contributed by atoms with Gasteiger partial charge in [-0.1, -0.05) is 31.9 Å². The van der Waals surface area contributed by atoms with Gasteiger partial charge >= 0.3 is 0 Å². The van der Waals surface area contributed by atoms with Crippen molar-refractivity contribution in [3.05, 3.63) is 53.6 Å². The third kappa shape index (κ3) is 5.01. The van der Waals surface area contributed by atoms with Crippen LogP contribution in [0.1, 0.15) is 54.4 Å². The molecule has 2 aromatic carbocycles. The molecular weight excluding hydrogens is 328 g/mol. The van der Waals surface area contributed by atoms with Crippen LogP contribution in [0.3, 0.4) is 0 Å². The summed E-state index contributed by atoms with van der Waals surface area (Å²) in [6.45, 7) is 2.17. The zero-order chi connectivity index (χ0) is 18.9. The van der Waals surface area contributed by atoms with Gasteiger partial charge in [-0.15, -0.1) is 0 Å². The smallest absolute Gasteiger partial charge is 0.167 e. The van der Waals surface area contributed by atoms with Crippen molar-refractivity contribution in [2.45, 2.75) is 38.5 Å². The standard InChI is InChI=1S/C22H28O4/c1-5-6-7-17(16-8-10-18(24-2)11-9-16)14-21(23)20-13-12-19(25-3)15-22(20)26-4/h8-13,15,17H,5-7,14H2,1-4H3. The lowest BCUT2D eigenvalue weighted by atomic mass is 9.87. The Morgan fingerprint density at radius 3 is 2.15 bits per heavy atom. The molecule has 0 saturated carbocycles. The second kappa shape index (κ2) is 9.85. The Kier molecular flexibility index (Phi) is 7.52. The van der Waals surface area contributed by atoms with E-state index >= 15 is 0 Å². The van der Waals surface area contributed by atoms with Crippen molar-refractivity contribution in [2.75, 3.05) is 21.3 Å². The van der Waals surface area contributed by atoms with Gasteiger partial charge in [0.2, 0.25) is 0 Å². The average molecular weight is 356 g/mol. The summed E-state index contributed by atoms with van der Waals surface area (Å²) in [6.07, 6.45) is 3.62. The van der Waals surface area contributed by atoms with E-state index in [0.717, 1.165) is 25.0 Å². The Hall–Kier alpha value is -2.49. The summed E-state index contributed by atoms with van der Waals surface area (Å²) in [6, 6.07) is 13.3. The number of rotatable bonds is 10. The fraction of sp³-hybridized carbons (Fsp3) is 0.409. The lowest BCUT2D eigenvalue weighted by Crippen LogP contribution is -2.09. The first-order valence-corrected chi connectivity index (χ1v) is 9.02. The average Bonchev–Trinajstić information content (AvgIpc) is 2.70. The second-order valence-corrected chi connectivity index (χ2v) is 6.31. The summed E-state index contributed by atoms with van der Waals surface area (Å²) in [4.78, 5) is 12.9. The number of methoxy groups -OCH3 is 3. The van der Waals surface area contributed by atoms with Gasteiger partial charge < -0.3 is 14.2 Å². The normalized spacial score (nSPS) is 11.7. The molecule has 0 saturated heterocycles. The molecule has 0 aliphatic carbocycles. The number of carbonyl (C=O) groups excluding carboxylic acids is 1. The Bertz CT molecular complexity index is 707. The number of benzene rings is 2. The molecule has 2 rings (SSSR count). The fourth-order valence-corrected chi connectivity index (χ4v) is 3.08. The number of unbranched alkanes of at least 4 members (excludes halogenated alkanes) is 1. The van der Waals surface area contributed by atoms with Crippen molar-refractivity contribution in [3.63, 3.8) is 0 Å². The molecule has 0 heterocycles. The number of ether oxygens (including phenoxy) is 3. The zero-order valence-corrected chi connectivity index (χ0v) is 16.1. The highest BCUT2D eigenvalue weighted by Gasteiger charge is 2.20. The predicted molar refractivity (Wildman–Crippen MR) is 104 cm³/mol. The molecule has 4 nitrogen and oxygen atoms in total. The summed E-state index contributed by atoms with van der Waals surface area (Å²) >= 11 is 0. The summed E-state index contributed by atoms with van der Waals surface area (Å²) < 4.78 is 15.8. The minimum atomic E-state index is 0.0847. The second-order valence-electron chi connectivity index (χ2n) is 6.31. The first-order chi connectivity index (χ1) is 12.6. The maximum atomic E-state index is 12.9. The molecule has 0 aliphatic heterocycles. The van der Waals surface area contributed by atoms with E-state index in [0.29, 0.717) is 23.5 Å². The van der Waals surface area contributed by atoms with Crippen LogP contribution in [-0.2, 0) is 0 Å². The van der Waals surface area contributed by atoms with Crippen LogP contribution in [0.25, 0.3) is 0 Å². The van der Waals surface area contributed by atoms with Crippen LogP contribution in [0.4, 0.5) is 0 Å². The Morgan fingerprint density at radius 2 is 1.58 bits per heavy atom. The minimum absolute atomic E-state index is 0.0847. The van der Waals surface area contributed by atoms with Gasteiger partial charge in [0.05, 0.1) is 26.9 Å². The van der Waals surface area contributed by atoms with E-state index in [9.17, 15) is 4.79 Å². The highest BCUT2D eigenvalue weighted by Crippen LogP contribution is 2.32. The monoisotopic (exact) mass is 356 g/mol. The maximum Gasteiger partial charge on any atom is 0.167 e. The Labute approximate surface area is 156 Å². The molecule has 4 heteroatoms. The van der Waals surface area contributed by atoms with Gasteiger partial charge in [0.15, 0.2) is 5.78 Å². The number of Topliss-reactive ketones (excluding diaryl/α,β-unsaturated/α-hetero) is 1. The molecule has 0 bridgehead atoms. The van der Waals surface area contributed by atoms with E-state index in [-0.39, 0.29) is 11.7 Å². The molecule has 0 N–H and O–H groups in total. The molecule has 0 spiro atoms. The quantitative estimate of drug-likeness (QED) is 0.545. The first-order valence-electron chi connectivity index (χ1n) is 9.02. The third-order valence-electron chi connectivity index (χ3n) is 4.63. The molecule has 0 fully saturated rings. The lowest BCUT2D eigenvalue weighted by Gasteiger charge is -2.18. The molecule has 0 radical (unpaired) electrons. The topological polar surface area (TPSA) is 44.8 Å². The molecule has 0 aliphatic rings. The van der Waals surface area contributed by atoms with Crippen LogP contribution in [0, 0.1) is 0 Å². The molecule has 26 heavy (non-hydrogen) atoms. The number of hydrogen-bond donors (Lipinski definition) is 0. The van der Waals surface area contributed by atoms with E-state index in [1.165, 1.54) is 5.56 Å². The summed E-state index contributed by atoms with van der Waals surface area (Å²) in [5.74, 6) is 2.32. The Morgan fingerprint density at radius 1 is 0.923 bits per heavy atom. The van der Waals surface area contributed by atoms with Gasteiger partial charge in [-0.2, -0.15) is 0 Å². The zero-order valence-electron chi connectivity index (χ0n) is 16.1. The number of carbonyl (C=O) groups is 1. The number of ketones is 1. The third-order valence-corrected chi connectivity index (χ3v) is 4.63. The van der Waals surface area contributed by atoms with Crippen LogP contribution < -0.4 is 14.2 Å². The molecule has 0 amide bonds. The minimum Gasteiger partial charge on any atom is -0.497 e. The van der Waals surface area contributed by atoms with E-state index in [1.54, 1.807) is 39.5 Å². The van der Waals surface area contributed by atoms with E-state index < -0.39 is 0 Å². The van der Waals surface area contributed by atoms with E-state index in [2.05, 4.69) is 19.1 Å². The van der Waals surface area contributed by atoms with Crippen molar-refractivity contribution in [3.8, 4) is 17.2 Å². The highest BCUT2D eigenvalue weighted by molar-refractivity contribution is 5.99. The van der Waals surface area contributed by atoms with Gasteiger partial charge in [0.1, 0.15) is 17.2 Å². The number of hydrogen-bond acceptors (Lipinski definition) is 4. The van der Waals surface area contributed by atoms with E-state index in [1.807, 2.05) is 12.1 Å². The maximum absolute atomic E-state index is 12.9. The van der Waals surface area contributed by atoms with E-state index in [4.69, 9.17) is 14.2 Å². The molecule has 1 unspecified atom stereocenters. The van der Waals surface area contributed by atoms with Crippen molar-refractivity contribution in [2.24, 2.45) is 0 Å². The SMILES string of the molecule is CCCCC(CC(=O)c1ccc(OC)cc1OC)c1ccc(OC)cc1. The highest BCUT2D eigenvalue weighted by atomic mass is 16.5. The van der Waals surface area contributed by atoms with Gasteiger partial charge in [-0.05, 0) is 42.2 Å². The first kappa shape index (κ1) is 19.8. The van der Waals surface area contributed by atoms with Gasteiger partial charge in [-0.25, -0.2) is 0 Å². The fourth-order valence-electron chi connectivity index (χ4n) is 3.08. The van der Waals surface area contributed by atoms with Crippen molar-refractivity contribution >= 4 is 5.78 Å². The molecular formula is C22H28O4. The predicted octanol–water partition coefficient (Wildman–Crippen LogP) is 5.26. The molecule has 2 aromatic rings. The van der Waals surface area contributed by atoms with Gasteiger partial charge in [-0.3, -0.25) is 4.79 Å². The van der Waals surface area contributed by atoms with Crippen LogP contribution in [0.15, 0.2) is 42.5 Å². The van der Waals surface area contributed by atoms with Crippen LogP contribution in [-0.4, -0.2) is 27.1 Å². The van der Waals surface area contributed by atoms with Gasteiger partial charge in [0, 0.05) is 12.5 Å². The van der Waals surface area contributed by atoms with Crippen molar-refractivity contribution < 1.29 is 19.0 Å².